The number of Topliss-reactive ketones (excluding diaryl/α,β-unsaturated/α-hetero) is 1. The van der Waals surface area contributed by atoms with Crippen LogP contribution in [0.1, 0.15) is 25.7 Å². The molecule has 0 aromatic heterocycles. The Bertz CT molecular complexity index is 249. The van der Waals surface area contributed by atoms with E-state index in [-0.39, 0.29) is 11.7 Å². The second kappa shape index (κ2) is 5.35. The molecule has 86 valence electrons. The molecule has 0 radical (unpaired) electrons. The topological polar surface area (TPSA) is 55.4 Å². The highest BCUT2D eigenvalue weighted by Crippen LogP contribution is 2.38. The summed E-state index contributed by atoms with van der Waals surface area (Å²) < 4.78 is 4.47. The van der Waals surface area contributed by atoms with E-state index < -0.39 is 11.5 Å². The summed E-state index contributed by atoms with van der Waals surface area (Å²) in [6, 6.07) is 0. The third-order valence-corrected chi connectivity index (χ3v) is 3.27. The summed E-state index contributed by atoms with van der Waals surface area (Å²) in [5.41, 5.74) is -0.448. The Balaban J connectivity index is 2.58. The molecule has 1 amide bonds. The van der Waals surface area contributed by atoms with Gasteiger partial charge in [0.05, 0.1) is 13.0 Å². The van der Waals surface area contributed by atoms with E-state index in [4.69, 9.17) is 11.6 Å². The lowest BCUT2D eigenvalue weighted by molar-refractivity contribution is -0.125. The Kier molecular flexibility index (Phi) is 4.39. The van der Waals surface area contributed by atoms with Gasteiger partial charge in [0.1, 0.15) is 0 Å². The smallest absolute Gasteiger partial charge is 0.406 e. The van der Waals surface area contributed by atoms with E-state index in [0.29, 0.717) is 6.54 Å². The molecule has 1 saturated carbocycles. The van der Waals surface area contributed by atoms with Gasteiger partial charge in [0.2, 0.25) is 0 Å². The number of halogens is 1. The number of carbonyl (C=O) groups is 2. The standard InChI is InChI=1S/C10H16ClNO3/c1-15-9(14)12-7-10(8(13)6-11)4-2-3-5-10/h2-7H2,1H3,(H,12,14). The van der Waals surface area contributed by atoms with Gasteiger partial charge in [0.25, 0.3) is 0 Å². The van der Waals surface area contributed by atoms with Crippen LogP contribution >= 0.6 is 11.6 Å². The molecule has 0 atom stereocenters. The number of methoxy groups -OCH3 is 1. The average Bonchev–Trinajstić information content (AvgIpc) is 2.74. The molecule has 0 aliphatic heterocycles. The monoisotopic (exact) mass is 233 g/mol. The average molecular weight is 234 g/mol. The van der Waals surface area contributed by atoms with Crippen LogP contribution < -0.4 is 5.32 Å². The zero-order valence-corrected chi connectivity index (χ0v) is 9.60. The number of alkyl carbamates (subject to hydrolysis) is 1. The van der Waals surface area contributed by atoms with Gasteiger partial charge in [-0.2, -0.15) is 0 Å². The highest BCUT2D eigenvalue weighted by atomic mass is 35.5. The molecule has 1 rings (SSSR count). The van der Waals surface area contributed by atoms with Crippen LogP contribution in [0.15, 0.2) is 0 Å². The lowest BCUT2D eigenvalue weighted by Gasteiger charge is -2.26. The SMILES string of the molecule is COC(=O)NCC1(C(=O)CCl)CCCC1. The molecule has 0 unspecified atom stereocenters. The summed E-state index contributed by atoms with van der Waals surface area (Å²) in [4.78, 5) is 22.7. The summed E-state index contributed by atoms with van der Waals surface area (Å²) >= 11 is 5.58. The van der Waals surface area contributed by atoms with Crippen molar-refractivity contribution in [3.63, 3.8) is 0 Å². The number of amides is 1. The minimum absolute atomic E-state index is 0.0167. The number of nitrogens with one attached hydrogen (secondary N) is 1. The Labute approximate surface area is 94.3 Å². The number of ether oxygens (including phenoxy) is 1. The summed E-state index contributed by atoms with van der Waals surface area (Å²) in [6.07, 6.45) is 3.16. The van der Waals surface area contributed by atoms with Crippen LogP contribution in [0.5, 0.6) is 0 Å². The van der Waals surface area contributed by atoms with Gasteiger partial charge in [0, 0.05) is 12.0 Å². The highest BCUT2D eigenvalue weighted by Gasteiger charge is 2.40. The number of hydrogen-bond donors (Lipinski definition) is 1. The maximum Gasteiger partial charge on any atom is 0.406 e. The maximum absolute atomic E-state index is 11.7. The van der Waals surface area contributed by atoms with Crippen molar-refractivity contribution < 1.29 is 14.3 Å². The number of hydrogen-bond acceptors (Lipinski definition) is 3. The zero-order valence-electron chi connectivity index (χ0n) is 8.85. The maximum atomic E-state index is 11.7. The van der Waals surface area contributed by atoms with Crippen LogP contribution in [0.3, 0.4) is 0 Å². The van der Waals surface area contributed by atoms with E-state index in [1.807, 2.05) is 0 Å². The predicted molar refractivity (Wildman–Crippen MR) is 57.0 cm³/mol. The summed E-state index contributed by atoms with van der Waals surface area (Å²) in [5.74, 6) is 0.0427. The van der Waals surface area contributed by atoms with Crippen LogP contribution in [-0.4, -0.2) is 31.4 Å². The van der Waals surface area contributed by atoms with Crippen LogP contribution in [0, 0.1) is 5.41 Å². The van der Waals surface area contributed by atoms with Crippen LogP contribution in [0.4, 0.5) is 4.79 Å². The van der Waals surface area contributed by atoms with Crippen molar-refractivity contribution in [1.82, 2.24) is 5.32 Å². The number of alkyl halides is 1. The Morgan fingerprint density at radius 2 is 2.00 bits per heavy atom. The van der Waals surface area contributed by atoms with Crippen molar-refractivity contribution in [3.8, 4) is 0 Å². The molecule has 0 aromatic rings. The highest BCUT2D eigenvalue weighted by molar-refractivity contribution is 6.28. The molecule has 1 fully saturated rings. The van der Waals surface area contributed by atoms with Gasteiger partial charge in [-0.3, -0.25) is 4.79 Å². The summed E-state index contributed by atoms with van der Waals surface area (Å²) in [7, 11) is 1.31. The zero-order chi connectivity index (χ0) is 11.3. The van der Waals surface area contributed by atoms with Gasteiger partial charge >= 0.3 is 6.09 Å². The van der Waals surface area contributed by atoms with E-state index in [1.165, 1.54) is 7.11 Å². The van der Waals surface area contributed by atoms with Crippen LogP contribution in [0.25, 0.3) is 0 Å². The first kappa shape index (κ1) is 12.3. The first-order valence-electron chi connectivity index (χ1n) is 5.06. The molecular formula is C10H16ClNO3. The fraction of sp³-hybridized carbons (Fsp3) is 0.800. The van der Waals surface area contributed by atoms with Gasteiger partial charge in [-0.15, -0.1) is 11.6 Å². The fourth-order valence-corrected chi connectivity index (χ4v) is 2.34. The molecule has 0 bridgehead atoms. The van der Waals surface area contributed by atoms with Gasteiger partial charge in [0.15, 0.2) is 5.78 Å². The minimum Gasteiger partial charge on any atom is -0.453 e. The molecule has 0 heterocycles. The largest absolute Gasteiger partial charge is 0.453 e. The van der Waals surface area contributed by atoms with Gasteiger partial charge in [-0.05, 0) is 12.8 Å². The van der Waals surface area contributed by atoms with Crippen molar-refractivity contribution in [2.75, 3.05) is 19.5 Å². The van der Waals surface area contributed by atoms with E-state index in [2.05, 4.69) is 10.1 Å². The molecule has 5 heteroatoms. The normalized spacial score (nSPS) is 18.5. The first-order valence-corrected chi connectivity index (χ1v) is 5.59. The quantitative estimate of drug-likeness (QED) is 0.753. The predicted octanol–water partition coefficient (Wildman–Crippen LogP) is 1.71. The summed E-state index contributed by atoms with van der Waals surface area (Å²) in [5, 5.41) is 2.59. The fourth-order valence-electron chi connectivity index (χ4n) is 2.06. The van der Waals surface area contributed by atoms with Crippen molar-refractivity contribution >= 4 is 23.5 Å². The molecule has 1 aliphatic carbocycles. The van der Waals surface area contributed by atoms with E-state index in [9.17, 15) is 9.59 Å². The minimum atomic E-state index is -0.497. The molecule has 1 aliphatic rings. The van der Waals surface area contributed by atoms with E-state index in [1.54, 1.807) is 0 Å². The van der Waals surface area contributed by atoms with Crippen molar-refractivity contribution in [1.29, 1.82) is 0 Å². The Hall–Kier alpha value is -0.770. The Morgan fingerprint density at radius 1 is 1.40 bits per heavy atom. The second-order valence-corrected chi connectivity index (χ2v) is 4.16. The Morgan fingerprint density at radius 3 is 2.47 bits per heavy atom. The lowest BCUT2D eigenvalue weighted by Crippen LogP contribution is -2.41. The van der Waals surface area contributed by atoms with Gasteiger partial charge in [-0.1, -0.05) is 12.8 Å². The first-order chi connectivity index (χ1) is 7.14. The molecule has 15 heavy (non-hydrogen) atoms. The van der Waals surface area contributed by atoms with Crippen LogP contribution in [0.2, 0.25) is 0 Å². The number of rotatable bonds is 4. The van der Waals surface area contributed by atoms with Gasteiger partial charge in [-0.25, -0.2) is 4.79 Å². The van der Waals surface area contributed by atoms with E-state index >= 15 is 0 Å². The third-order valence-electron chi connectivity index (χ3n) is 3.03. The lowest BCUT2D eigenvalue weighted by atomic mass is 9.82. The van der Waals surface area contributed by atoms with Crippen molar-refractivity contribution in [2.24, 2.45) is 5.41 Å². The van der Waals surface area contributed by atoms with Crippen LogP contribution in [-0.2, 0) is 9.53 Å². The molecule has 0 spiro atoms. The van der Waals surface area contributed by atoms with E-state index in [0.717, 1.165) is 25.7 Å². The second-order valence-electron chi connectivity index (χ2n) is 3.89. The third kappa shape index (κ3) is 2.84. The molecule has 1 N–H and O–H groups in total. The van der Waals surface area contributed by atoms with Crippen molar-refractivity contribution in [2.45, 2.75) is 25.7 Å². The molecule has 0 aromatic carbocycles. The summed E-state index contributed by atoms with van der Waals surface area (Å²) in [6.45, 7) is 0.339. The molecule has 4 nitrogen and oxygen atoms in total. The number of carbonyl (C=O) groups excluding carboxylic acids is 2. The molecular weight excluding hydrogens is 218 g/mol. The van der Waals surface area contributed by atoms with Gasteiger partial charge < -0.3 is 10.1 Å². The molecule has 0 saturated heterocycles. The number of ketones is 1. The van der Waals surface area contributed by atoms with Crippen molar-refractivity contribution in [3.05, 3.63) is 0 Å².